The normalized spacial score (nSPS) is 21.9. The zero-order valence-corrected chi connectivity index (χ0v) is 10.8. The van der Waals surface area contributed by atoms with Crippen molar-refractivity contribution in [3.63, 3.8) is 0 Å². The van der Waals surface area contributed by atoms with Crippen LogP contribution in [0, 0.1) is 5.92 Å². The van der Waals surface area contributed by atoms with E-state index in [9.17, 15) is 4.79 Å². The van der Waals surface area contributed by atoms with E-state index in [1.165, 1.54) is 11.6 Å². The van der Waals surface area contributed by atoms with Crippen molar-refractivity contribution in [1.82, 2.24) is 0 Å². The molecule has 1 aromatic carbocycles. The van der Waals surface area contributed by atoms with Gasteiger partial charge in [-0.3, -0.25) is 0 Å². The van der Waals surface area contributed by atoms with E-state index in [1.54, 1.807) is 7.11 Å². The molecule has 3 nitrogen and oxygen atoms in total. The van der Waals surface area contributed by atoms with Gasteiger partial charge in [-0.25, -0.2) is 4.79 Å². The Morgan fingerprint density at radius 3 is 2.72 bits per heavy atom. The molecule has 1 aromatic rings. The highest BCUT2D eigenvalue weighted by Crippen LogP contribution is 2.48. The van der Waals surface area contributed by atoms with Crippen molar-refractivity contribution < 1.29 is 14.3 Å². The van der Waals surface area contributed by atoms with Gasteiger partial charge in [0.05, 0.1) is 13.7 Å². The molecule has 0 aromatic heterocycles. The van der Waals surface area contributed by atoms with Gasteiger partial charge in [-0.1, -0.05) is 18.2 Å². The first kappa shape index (κ1) is 12.7. The summed E-state index contributed by atoms with van der Waals surface area (Å²) in [7, 11) is 1.66. The van der Waals surface area contributed by atoms with Gasteiger partial charge in [-0.15, -0.1) is 0 Å². The monoisotopic (exact) mass is 246 g/mol. The SMILES string of the molecule is CCOC(=O)/C=C/C1CC1c1ccc(OC)cc1. The molecule has 1 aliphatic carbocycles. The Bertz CT molecular complexity index is 434. The van der Waals surface area contributed by atoms with Crippen molar-refractivity contribution in [2.45, 2.75) is 19.3 Å². The third-order valence-electron chi connectivity index (χ3n) is 3.15. The lowest BCUT2D eigenvalue weighted by Gasteiger charge is -2.01. The molecule has 18 heavy (non-hydrogen) atoms. The first-order valence-electron chi connectivity index (χ1n) is 6.23. The van der Waals surface area contributed by atoms with Crippen molar-refractivity contribution in [2.75, 3.05) is 13.7 Å². The highest BCUT2D eigenvalue weighted by atomic mass is 16.5. The molecule has 0 bridgehead atoms. The second-order valence-electron chi connectivity index (χ2n) is 4.39. The van der Waals surface area contributed by atoms with Gasteiger partial charge in [-0.2, -0.15) is 0 Å². The maximum absolute atomic E-state index is 11.2. The Hall–Kier alpha value is -1.77. The topological polar surface area (TPSA) is 35.5 Å². The summed E-state index contributed by atoms with van der Waals surface area (Å²) in [6, 6.07) is 8.11. The van der Waals surface area contributed by atoms with Crippen molar-refractivity contribution in [2.24, 2.45) is 5.92 Å². The predicted octanol–water partition coefficient (Wildman–Crippen LogP) is 2.92. The first-order chi connectivity index (χ1) is 8.74. The van der Waals surface area contributed by atoms with Crippen LogP contribution in [-0.2, 0) is 9.53 Å². The molecular formula is C15H18O3. The number of carbonyl (C=O) groups is 1. The maximum atomic E-state index is 11.2. The van der Waals surface area contributed by atoms with Crippen LogP contribution in [0.5, 0.6) is 5.75 Å². The van der Waals surface area contributed by atoms with Gasteiger partial charge in [0.25, 0.3) is 0 Å². The number of ether oxygens (including phenoxy) is 2. The molecule has 0 saturated heterocycles. The molecule has 1 saturated carbocycles. The van der Waals surface area contributed by atoms with Crippen LogP contribution in [0.4, 0.5) is 0 Å². The minimum atomic E-state index is -0.252. The van der Waals surface area contributed by atoms with Crippen LogP contribution in [0.3, 0.4) is 0 Å². The number of esters is 1. The highest BCUT2D eigenvalue weighted by Gasteiger charge is 2.36. The Balaban J connectivity index is 1.88. The molecule has 3 heteroatoms. The van der Waals surface area contributed by atoms with Crippen molar-refractivity contribution in [1.29, 1.82) is 0 Å². The Kier molecular flexibility index (Phi) is 4.03. The van der Waals surface area contributed by atoms with Crippen LogP contribution >= 0.6 is 0 Å². The Morgan fingerprint density at radius 2 is 2.11 bits per heavy atom. The van der Waals surface area contributed by atoms with E-state index in [-0.39, 0.29) is 5.97 Å². The summed E-state index contributed by atoms with van der Waals surface area (Å²) in [6.07, 6.45) is 4.59. The van der Waals surface area contributed by atoms with E-state index in [0.29, 0.717) is 18.4 Å². The van der Waals surface area contributed by atoms with E-state index in [2.05, 4.69) is 12.1 Å². The summed E-state index contributed by atoms with van der Waals surface area (Å²) in [5.74, 6) is 1.61. The molecule has 0 aliphatic heterocycles. The van der Waals surface area contributed by atoms with Gasteiger partial charge in [-0.05, 0) is 42.9 Å². The second-order valence-corrected chi connectivity index (χ2v) is 4.39. The summed E-state index contributed by atoms with van der Waals surface area (Å²) in [5, 5.41) is 0. The van der Waals surface area contributed by atoms with Crippen LogP contribution in [0.15, 0.2) is 36.4 Å². The Morgan fingerprint density at radius 1 is 1.39 bits per heavy atom. The van der Waals surface area contributed by atoms with Crippen molar-refractivity contribution in [3.05, 3.63) is 42.0 Å². The molecule has 0 N–H and O–H groups in total. The number of allylic oxidation sites excluding steroid dienone is 1. The number of methoxy groups -OCH3 is 1. The fourth-order valence-corrected chi connectivity index (χ4v) is 2.05. The standard InChI is InChI=1S/C15H18O3/c1-3-18-15(16)9-6-12-10-14(12)11-4-7-13(17-2)8-5-11/h4-9,12,14H,3,10H2,1-2H3/b9-6+. The van der Waals surface area contributed by atoms with Crippen molar-refractivity contribution >= 4 is 5.97 Å². The fraction of sp³-hybridized carbons (Fsp3) is 0.400. The number of hydrogen-bond acceptors (Lipinski definition) is 3. The molecule has 1 aliphatic rings. The molecule has 2 unspecified atom stereocenters. The molecule has 0 spiro atoms. The van der Waals surface area contributed by atoms with E-state index in [1.807, 2.05) is 25.1 Å². The zero-order chi connectivity index (χ0) is 13.0. The second kappa shape index (κ2) is 5.71. The first-order valence-corrected chi connectivity index (χ1v) is 6.23. The van der Waals surface area contributed by atoms with E-state index >= 15 is 0 Å². The summed E-state index contributed by atoms with van der Waals surface area (Å²) in [5.41, 5.74) is 1.30. The fourth-order valence-electron chi connectivity index (χ4n) is 2.05. The smallest absolute Gasteiger partial charge is 0.330 e. The van der Waals surface area contributed by atoms with Crippen LogP contribution in [0.25, 0.3) is 0 Å². The predicted molar refractivity (Wildman–Crippen MR) is 69.6 cm³/mol. The van der Waals surface area contributed by atoms with Crippen LogP contribution < -0.4 is 4.74 Å². The van der Waals surface area contributed by atoms with E-state index in [4.69, 9.17) is 9.47 Å². The molecule has 1 fully saturated rings. The summed E-state index contributed by atoms with van der Waals surface area (Å²) in [6.45, 7) is 2.23. The van der Waals surface area contributed by atoms with Gasteiger partial charge >= 0.3 is 5.97 Å². The lowest BCUT2D eigenvalue weighted by Crippen LogP contribution is -1.98. The largest absolute Gasteiger partial charge is 0.497 e. The van der Waals surface area contributed by atoms with Crippen molar-refractivity contribution in [3.8, 4) is 5.75 Å². The summed E-state index contributed by atoms with van der Waals surface area (Å²) in [4.78, 5) is 11.2. The van der Waals surface area contributed by atoms with E-state index < -0.39 is 0 Å². The van der Waals surface area contributed by atoms with Gasteiger partial charge in [0, 0.05) is 6.08 Å². The third kappa shape index (κ3) is 3.13. The van der Waals surface area contributed by atoms with Gasteiger partial charge in [0.2, 0.25) is 0 Å². The molecule has 2 atom stereocenters. The minimum absolute atomic E-state index is 0.252. The maximum Gasteiger partial charge on any atom is 0.330 e. The molecule has 0 heterocycles. The highest BCUT2D eigenvalue weighted by molar-refractivity contribution is 5.82. The lowest BCUT2D eigenvalue weighted by atomic mass is 10.1. The number of carbonyl (C=O) groups excluding carboxylic acids is 1. The van der Waals surface area contributed by atoms with Crippen LogP contribution in [0.1, 0.15) is 24.8 Å². The summed E-state index contributed by atoms with van der Waals surface area (Å²) < 4.78 is 9.98. The molecule has 2 rings (SSSR count). The van der Waals surface area contributed by atoms with Crippen LogP contribution in [0.2, 0.25) is 0 Å². The number of rotatable bonds is 5. The lowest BCUT2D eigenvalue weighted by molar-refractivity contribution is -0.137. The number of benzene rings is 1. The average Bonchev–Trinajstić information content (AvgIpc) is 3.16. The third-order valence-corrected chi connectivity index (χ3v) is 3.15. The molecule has 0 amide bonds. The van der Waals surface area contributed by atoms with Gasteiger partial charge in [0.1, 0.15) is 5.75 Å². The Labute approximate surface area is 107 Å². The molecule has 96 valence electrons. The van der Waals surface area contributed by atoms with Crippen LogP contribution in [-0.4, -0.2) is 19.7 Å². The average molecular weight is 246 g/mol. The zero-order valence-electron chi connectivity index (χ0n) is 10.8. The quantitative estimate of drug-likeness (QED) is 0.592. The molecular weight excluding hydrogens is 228 g/mol. The summed E-state index contributed by atoms with van der Waals surface area (Å²) >= 11 is 0. The molecule has 0 radical (unpaired) electrons. The van der Waals surface area contributed by atoms with Gasteiger partial charge in [0.15, 0.2) is 0 Å². The number of hydrogen-bond donors (Lipinski definition) is 0. The van der Waals surface area contributed by atoms with Gasteiger partial charge < -0.3 is 9.47 Å². The van der Waals surface area contributed by atoms with E-state index in [0.717, 1.165) is 12.2 Å². The minimum Gasteiger partial charge on any atom is -0.497 e.